The van der Waals surface area contributed by atoms with Gasteiger partial charge in [-0.3, -0.25) is 9.80 Å². The second-order valence-electron chi connectivity index (χ2n) is 11.1. The van der Waals surface area contributed by atoms with Crippen LogP contribution in [0.3, 0.4) is 0 Å². The zero-order chi connectivity index (χ0) is 27.2. The number of hydrogen-bond donors (Lipinski definition) is 2. The second kappa shape index (κ2) is 13.3. The Morgan fingerprint density at radius 1 is 0.583 bits per heavy atom. The van der Waals surface area contributed by atoms with E-state index in [2.05, 4.69) is 91.2 Å². The number of phenols is 2. The Morgan fingerprint density at radius 2 is 0.889 bits per heavy atom. The molecule has 0 bridgehead atoms. The average molecular weight is 495 g/mol. The summed E-state index contributed by atoms with van der Waals surface area (Å²) in [4.78, 5) is 4.80. The molecule has 2 N–H and O–H groups in total. The van der Waals surface area contributed by atoms with Crippen molar-refractivity contribution in [2.75, 3.05) is 0 Å². The molecule has 0 heterocycles. The molecule has 0 saturated carbocycles. The highest BCUT2D eigenvalue weighted by Crippen LogP contribution is 2.36. The van der Waals surface area contributed by atoms with E-state index in [4.69, 9.17) is 0 Å². The number of nitrogens with zero attached hydrogens (tertiary/aromatic N) is 2. The third kappa shape index (κ3) is 7.36. The van der Waals surface area contributed by atoms with Gasteiger partial charge in [-0.05, 0) is 115 Å². The van der Waals surface area contributed by atoms with Crippen LogP contribution in [0.4, 0.5) is 0 Å². The predicted molar refractivity (Wildman–Crippen MR) is 155 cm³/mol. The summed E-state index contributed by atoms with van der Waals surface area (Å²) < 4.78 is 0. The van der Waals surface area contributed by atoms with Gasteiger partial charge in [-0.25, -0.2) is 0 Å². The summed E-state index contributed by atoms with van der Waals surface area (Å²) in [5.74, 6) is 0.709. The van der Waals surface area contributed by atoms with Crippen molar-refractivity contribution in [3.8, 4) is 11.5 Å². The molecule has 0 unspecified atom stereocenters. The van der Waals surface area contributed by atoms with E-state index >= 15 is 0 Å². The molecule has 0 radical (unpaired) electrons. The van der Waals surface area contributed by atoms with Crippen molar-refractivity contribution < 1.29 is 10.2 Å². The number of aromatic hydroxyl groups is 2. The molecule has 0 aromatic heterocycles. The highest BCUT2D eigenvalue weighted by atomic mass is 16.3. The van der Waals surface area contributed by atoms with Gasteiger partial charge in [0.05, 0.1) is 0 Å². The fourth-order valence-electron chi connectivity index (χ4n) is 5.30. The van der Waals surface area contributed by atoms with E-state index < -0.39 is 0 Å². The van der Waals surface area contributed by atoms with Gasteiger partial charge in [-0.2, -0.15) is 0 Å². The standard InChI is InChI=1S/C32H50N2O2/c1-11-29(25-13-15-31(35)27(17-25)19-33(21(3)4)22(5)6)30(12-2)26-14-16-32(36)28(18-26)20-34(23(7)8)24(9)10/h13-18,21-24,35-36H,11-12,19-20H2,1-10H3/b30-29+. The quantitative estimate of drug-likeness (QED) is 0.293. The van der Waals surface area contributed by atoms with E-state index in [1.807, 2.05) is 24.3 Å². The first-order valence-electron chi connectivity index (χ1n) is 13.8. The molecule has 4 nitrogen and oxygen atoms in total. The maximum Gasteiger partial charge on any atom is 0.120 e. The molecule has 0 amide bonds. The smallest absolute Gasteiger partial charge is 0.120 e. The Kier molecular flexibility index (Phi) is 11.1. The molecule has 0 aliphatic carbocycles. The Morgan fingerprint density at radius 3 is 1.14 bits per heavy atom. The molecular formula is C32H50N2O2. The minimum Gasteiger partial charge on any atom is -0.508 e. The van der Waals surface area contributed by atoms with Crippen molar-refractivity contribution in [2.24, 2.45) is 0 Å². The Hall–Kier alpha value is -2.30. The third-order valence-corrected chi connectivity index (χ3v) is 7.29. The molecule has 0 fully saturated rings. The first-order chi connectivity index (χ1) is 16.9. The van der Waals surface area contributed by atoms with Crippen molar-refractivity contribution in [3.63, 3.8) is 0 Å². The zero-order valence-electron chi connectivity index (χ0n) is 24.4. The lowest BCUT2D eigenvalue weighted by molar-refractivity contribution is 0.164. The molecule has 0 atom stereocenters. The molecule has 0 aliphatic heterocycles. The molecule has 2 aromatic rings. The number of allylic oxidation sites excluding steroid dienone is 2. The topological polar surface area (TPSA) is 46.9 Å². The van der Waals surface area contributed by atoms with Crippen LogP contribution in [0.5, 0.6) is 11.5 Å². The van der Waals surface area contributed by atoms with Crippen molar-refractivity contribution in [1.82, 2.24) is 9.80 Å². The van der Waals surface area contributed by atoms with Crippen molar-refractivity contribution in [3.05, 3.63) is 58.7 Å². The Labute approximate surface area is 220 Å². The average Bonchev–Trinajstić information content (AvgIpc) is 2.80. The van der Waals surface area contributed by atoms with E-state index in [-0.39, 0.29) is 0 Å². The first kappa shape index (κ1) is 29.9. The molecular weight excluding hydrogens is 444 g/mol. The van der Waals surface area contributed by atoms with Gasteiger partial charge in [-0.1, -0.05) is 26.0 Å². The monoisotopic (exact) mass is 494 g/mol. The highest BCUT2D eigenvalue weighted by Gasteiger charge is 2.19. The van der Waals surface area contributed by atoms with Gasteiger partial charge in [-0.15, -0.1) is 0 Å². The third-order valence-electron chi connectivity index (χ3n) is 7.29. The molecule has 36 heavy (non-hydrogen) atoms. The lowest BCUT2D eigenvalue weighted by Gasteiger charge is -2.31. The van der Waals surface area contributed by atoms with Crippen LogP contribution in [0.15, 0.2) is 36.4 Å². The normalized spacial score (nSPS) is 13.1. The summed E-state index contributed by atoms with van der Waals surface area (Å²) in [5, 5.41) is 21.4. The van der Waals surface area contributed by atoms with Crippen LogP contribution < -0.4 is 0 Å². The summed E-state index contributed by atoms with van der Waals surface area (Å²) >= 11 is 0. The maximum atomic E-state index is 10.7. The SMILES string of the molecule is CC/C(=C(/CC)c1ccc(O)c(CN(C(C)C)C(C)C)c1)c1ccc(O)c(CN(C(C)C)C(C)C)c1. The largest absolute Gasteiger partial charge is 0.508 e. The molecule has 2 aromatic carbocycles. The molecule has 0 aliphatic rings. The van der Waals surface area contributed by atoms with Gasteiger partial charge < -0.3 is 10.2 Å². The van der Waals surface area contributed by atoms with E-state index in [1.54, 1.807) is 0 Å². The summed E-state index contributed by atoms with van der Waals surface area (Å²) in [6.07, 6.45) is 1.79. The van der Waals surface area contributed by atoms with E-state index in [0.29, 0.717) is 35.7 Å². The first-order valence-corrected chi connectivity index (χ1v) is 13.8. The summed E-state index contributed by atoms with van der Waals surface area (Å²) in [6, 6.07) is 13.7. The van der Waals surface area contributed by atoms with Gasteiger partial charge in [0.1, 0.15) is 11.5 Å². The molecule has 2 rings (SSSR count). The Bertz CT molecular complexity index is 923. The van der Waals surface area contributed by atoms with Crippen molar-refractivity contribution in [1.29, 1.82) is 0 Å². The van der Waals surface area contributed by atoms with Crippen LogP contribution in [0.2, 0.25) is 0 Å². The maximum absolute atomic E-state index is 10.7. The van der Waals surface area contributed by atoms with Crippen LogP contribution in [-0.2, 0) is 13.1 Å². The van der Waals surface area contributed by atoms with Crippen molar-refractivity contribution >= 4 is 11.1 Å². The zero-order valence-corrected chi connectivity index (χ0v) is 24.4. The van der Waals surface area contributed by atoms with Crippen LogP contribution in [0.1, 0.15) is 104 Å². The van der Waals surface area contributed by atoms with Gasteiger partial charge in [0, 0.05) is 48.4 Å². The summed E-state index contributed by atoms with van der Waals surface area (Å²) in [5.41, 5.74) is 6.84. The lowest BCUT2D eigenvalue weighted by Crippen LogP contribution is -2.36. The predicted octanol–water partition coefficient (Wildman–Crippen LogP) is 8.07. The van der Waals surface area contributed by atoms with Gasteiger partial charge in [0.25, 0.3) is 0 Å². The van der Waals surface area contributed by atoms with E-state index in [1.165, 1.54) is 11.1 Å². The fourth-order valence-corrected chi connectivity index (χ4v) is 5.30. The lowest BCUT2D eigenvalue weighted by atomic mass is 9.89. The van der Waals surface area contributed by atoms with E-state index in [0.717, 1.165) is 48.2 Å². The number of hydrogen-bond acceptors (Lipinski definition) is 4. The molecule has 4 heteroatoms. The van der Waals surface area contributed by atoms with Crippen LogP contribution >= 0.6 is 0 Å². The number of phenolic OH excluding ortho intramolecular Hbond substituents is 2. The van der Waals surface area contributed by atoms with Crippen LogP contribution in [0, 0.1) is 0 Å². The minimum atomic E-state index is 0.355. The number of benzene rings is 2. The molecule has 0 saturated heterocycles. The fraction of sp³-hybridized carbons (Fsp3) is 0.562. The summed E-state index contributed by atoms with van der Waals surface area (Å²) in [6.45, 7) is 23.5. The van der Waals surface area contributed by atoms with Crippen LogP contribution in [0.25, 0.3) is 11.1 Å². The van der Waals surface area contributed by atoms with Gasteiger partial charge in [0.2, 0.25) is 0 Å². The summed E-state index contributed by atoms with van der Waals surface area (Å²) in [7, 11) is 0. The van der Waals surface area contributed by atoms with Crippen LogP contribution in [-0.4, -0.2) is 44.2 Å². The Balaban J connectivity index is 2.56. The molecule has 0 spiro atoms. The van der Waals surface area contributed by atoms with E-state index in [9.17, 15) is 10.2 Å². The van der Waals surface area contributed by atoms with Gasteiger partial charge >= 0.3 is 0 Å². The minimum absolute atomic E-state index is 0.355. The van der Waals surface area contributed by atoms with Gasteiger partial charge in [0.15, 0.2) is 0 Å². The molecule has 200 valence electrons. The second-order valence-corrected chi connectivity index (χ2v) is 11.1. The van der Waals surface area contributed by atoms with Crippen molar-refractivity contribution in [2.45, 2.75) is 119 Å². The number of rotatable bonds is 12. The highest BCUT2D eigenvalue weighted by molar-refractivity contribution is 5.91.